The van der Waals surface area contributed by atoms with Crippen molar-refractivity contribution < 1.29 is 13.9 Å². The second-order valence-electron chi connectivity index (χ2n) is 9.77. The molecule has 0 bridgehead atoms. The highest BCUT2D eigenvalue weighted by atomic mass is 19.1. The van der Waals surface area contributed by atoms with Gasteiger partial charge in [-0.1, -0.05) is 38.5 Å². The molecule has 4 aromatic rings. The number of aromatic nitrogens is 3. The van der Waals surface area contributed by atoms with Gasteiger partial charge in [0.1, 0.15) is 11.5 Å². The number of H-pyrrole nitrogens is 1. The third-order valence-corrected chi connectivity index (χ3v) is 7.18. The lowest BCUT2D eigenvalue weighted by Gasteiger charge is -2.18. The van der Waals surface area contributed by atoms with E-state index in [0.29, 0.717) is 24.7 Å². The van der Waals surface area contributed by atoms with E-state index in [0.717, 1.165) is 66.2 Å². The molecule has 2 aromatic heterocycles. The summed E-state index contributed by atoms with van der Waals surface area (Å²) in [6.07, 6.45) is 9.07. The van der Waals surface area contributed by atoms with Gasteiger partial charge in [0.2, 0.25) is 0 Å². The molecule has 2 heterocycles. The first-order chi connectivity index (χ1) is 18.6. The van der Waals surface area contributed by atoms with Crippen LogP contribution < -0.4 is 5.32 Å². The Labute approximate surface area is 224 Å². The average molecular weight is 517 g/mol. The molecule has 0 aliphatic heterocycles. The van der Waals surface area contributed by atoms with E-state index >= 15 is 0 Å². The van der Waals surface area contributed by atoms with Crippen molar-refractivity contribution in [3.8, 4) is 11.3 Å². The topological polar surface area (TPSA) is 79.9 Å². The average Bonchev–Trinajstić information content (AvgIpc) is 3.38. The van der Waals surface area contributed by atoms with Crippen LogP contribution in [0.3, 0.4) is 0 Å². The molecule has 2 aromatic carbocycles. The number of amides is 1. The van der Waals surface area contributed by atoms with Crippen LogP contribution >= 0.6 is 0 Å². The number of benzene rings is 2. The van der Waals surface area contributed by atoms with E-state index in [2.05, 4.69) is 27.4 Å². The molecule has 0 saturated carbocycles. The Bertz CT molecular complexity index is 1310. The molecule has 38 heavy (non-hydrogen) atoms. The molecule has 0 spiro atoms. The highest BCUT2D eigenvalue weighted by Gasteiger charge is 2.16. The highest BCUT2D eigenvalue weighted by Crippen LogP contribution is 2.26. The number of rotatable bonds is 14. The second-order valence-corrected chi connectivity index (χ2v) is 9.77. The Hall–Kier alpha value is -3.58. The van der Waals surface area contributed by atoms with Gasteiger partial charge in [0.15, 0.2) is 0 Å². The number of carbonyl (C=O) groups excluding carboxylic acids is 1. The maximum atomic E-state index is 13.9. The summed E-state index contributed by atoms with van der Waals surface area (Å²) in [4.78, 5) is 17.1. The largest absolute Gasteiger partial charge is 0.379 e. The number of nitrogens with one attached hydrogen (secondary N) is 2. The molecular weight excluding hydrogens is 479 g/mol. The minimum Gasteiger partial charge on any atom is -0.379 e. The predicted molar refractivity (Wildman–Crippen MR) is 149 cm³/mol. The van der Waals surface area contributed by atoms with Crippen LogP contribution in [0.15, 0.2) is 67.0 Å². The van der Waals surface area contributed by atoms with Gasteiger partial charge < -0.3 is 10.1 Å². The standard InChI is InChI=1S/C31H37FN4O2/c1-3-22(11-12-23-9-5-6-10-28(23)32)8-7-19-38-21-26(4-2)34-31(37)25-13-14-29-27(20-25)30(36-35-29)24-15-17-33-18-16-24/h5-6,9-10,13-18,20,22,26H,3-4,7-8,11-12,19,21H2,1-2H3,(H,34,37)(H,35,36). The van der Waals surface area contributed by atoms with Crippen LogP contribution in [0.1, 0.15) is 61.9 Å². The number of fused-ring (bicyclic) bond motifs is 1. The molecule has 200 valence electrons. The van der Waals surface area contributed by atoms with Crippen LogP contribution in [0.4, 0.5) is 4.39 Å². The summed E-state index contributed by atoms with van der Waals surface area (Å²) in [7, 11) is 0. The fraction of sp³-hybridized carbons (Fsp3) is 0.387. The molecular formula is C31H37FN4O2. The molecule has 0 aliphatic carbocycles. The molecule has 1 amide bonds. The number of ether oxygens (including phenoxy) is 1. The van der Waals surface area contributed by atoms with E-state index in [1.165, 1.54) is 6.07 Å². The summed E-state index contributed by atoms with van der Waals surface area (Å²) < 4.78 is 19.8. The first-order valence-corrected chi connectivity index (χ1v) is 13.6. The van der Waals surface area contributed by atoms with Crippen LogP contribution in [-0.2, 0) is 11.2 Å². The zero-order chi connectivity index (χ0) is 26.7. The first-order valence-electron chi connectivity index (χ1n) is 13.6. The number of nitrogens with zero attached hydrogens (tertiary/aromatic N) is 2. The van der Waals surface area contributed by atoms with E-state index in [9.17, 15) is 9.18 Å². The summed E-state index contributed by atoms with van der Waals surface area (Å²) in [6.45, 7) is 5.37. The predicted octanol–water partition coefficient (Wildman–Crippen LogP) is 6.73. The zero-order valence-electron chi connectivity index (χ0n) is 22.3. The van der Waals surface area contributed by atoms with E-state index < -0.39 is 0 Å². The Balaban J connectivity index is 1.23. The Morgan fingerprint density at radius 3 is 2.63 bits per heavy atom. The van der Waals surface area contributed by atoms with Crippen LogP contribution in [0, 0.1) is 11.7 Å². The third-order valence-electron chi connectivity index (χ3n) is 7.18. The maximum absolute atomic E-state index is 13.9. The van der Waals surface area contributed by atoms with Gasteiger partial charge in [-0.3, -0.25) is 14.9 Å². The monoisotopic (exact) mass is 516 g/mol. The van der Waals surface area contributed by atoms with Crippen molar-refractivity contribution in [3.63, 3.8) is 0 Å². The van der Waals surface area contributed by atoms with Crippen molar-refractivity contribution in [2.75, 3.05) is 13.2 Å². The van der Waals surface area contributed by atoms with Gasteiger partial charge in [-0.2, -0.15) is 5.10 Å². The van der Waals surface area contributed by atoms with Crippen molar-refractivity contribution in [1.82, 2.24) is 20.5 Å². The number of pyridine rings is 1. The van der Waals surface area contributed by atoms with Crippen molar-refractivity contribution in [2.24, 2.45) is 5.92 Å². The van der Waals surface area contributed by atoms with Crippen molar-refractivity contribution in [3.05, 3.63) is 83.9 Å². The summed E-state index contributed by atoms with van der Waals surface area (Å²) in [5.74, 6) is 0.315. The maximum Gasteiger partial charge on any atom is 0.251 e. The molecule has 7 heteroatoms. The van der Waals surface area contributed by atoms with Crippen LogP contribution in [-0.4, -0.2) is 40.3 Å². The van der Waals surface area contributed by atoms with Gasteiger partial charge in [0.25, 0.3) is 5.91 Å². The van der Waals surface area contributed by atoms with Crippen LogP contribution in [0.5, 0.6) is 0 Å². The van der Waals surface area contributed by atoms with Gasteiger partial charge in [0.05, 0.1) is 18.2 Å². The minimum absolute atomic E-state index is 0.0646. The fourth-order valence-electron chi connectivity index (χ4n) is 4.73. The first kappa shape index (κ1) is 27.5. The Kier molecular flexibility index (Phi) is 9.98. The molecule has 2 N–H and O–H groups in total. The summed E-state index contributed by atoms with van der Waals surface area (Å²) >= 11 is 0. The highest BCUT2D eigenvalue weighted by molar-refractivity contribution is 6.01. The number of aryl methyl sites for hydroxylation is 1. The lowest BCUT2D eigenvalue weighted by atomic mass is 9.93. The molecule has 0 fully saturated rings. The Morgan fingerprint density at radius 2 is 1.87 bits per heavy atom. The van der Waals surface area contributed by atoms with Gasteiger partial charge in [-0.05, 0) is 80.0 Å². The fourth-order valence-corrected chi connectivity index (χ4v) is 4.73. The molecule has 0 radical (unpaired) electrons. The lowest BCUT2D eigenvalue weighted by molar-refractivity contribution is 0.0815. The number of aromatic amines is 1. The smallest absolute Gasteiger partial charge is 0.251 e. The third kappa shape index (κ3) is 7.25. The lowest BCUT2D eigenvalue weighted by Crippen LogP contribution is -2.37. The van der Waals surface area contributed by atoms with Crippen molar-refractivity contribution in [1.29, 1.82) is 0 Å². The summed E-state index contributed by atoms with van der Waals surface area (Å²) in [5, 5.41) is 11.5. The molecule has 4 rings (SSSR count). The number of carbonyl (C=O) groups is 1. The van der Waals surface area contributed by atoms with Gasteiger partial charge in [-0.25, -0.2) is 4.39 Å². The molecule has 2 atom stereocenters. The number of halogens is 1. The minimum atomic E-state index is -0.122. The van der Waals surface area contributed by atoms with E-state index in [1.807, 2.05) is 49.4 Å². The molecule has 0 saturated heterocycles. The van der Waals surface area contributed by atoms with Gasteiger partial charge in [-0.15, -0.1) is 0 Å². The number of hydrogen-bond donors (Lipinski definition) is 2. The summed E-state index contributed by atoms with van der Waals surface area (Å²) in [5.41, 5.74) is 4.01. The molecule has 0 aliphatic rings. The van der Waals surface area contributed by atoms with E-state index in [-0.39, 0.29) is 17.8 Å². The number of hydrogen-bond acceptors (Lipinski definition) is 4. The quantitative estimate of drug-likeness (QED) is 0.182. The Morgan fingerprint density at radius 1 is 1.05 bits per heavy atom. The molecule has 2 unspecified atom stereocenters. The van der Waals surface area contributed by atoms with Crippen LogP contribution in [0.25, 0.3) is 22.2 Å². The SMILES string of the molecule is CCC(CCCOCC(CC)NC(=O)c1ccc2[nH]nc(-c3ccncc3)c2c1)CCc1ccccc1F. The van der Waals surface area contributed by atoms with Crippen molar-refractivity contribution >= 4 is 16.8 Å². The molecule has 6 nitrogen and oxygen atoms in total. The van der Waals surface area contributed by atoms with Crippen molar-refractivity contribution in [2.45, 2.75) is 58.4 Å². The van der Waals surface area contributed by atoms with Gasteiger partial charge >= 0.3 is 0 Å². The van der Waals surface area contributed by atoms with Gasteiger partial charge in [0, 0.05) is 35.5 Å². The summed E-state index contributed by atoms with van der Waals surface area (Å²) in [6, 6.07) is 16.3. The van der Waals surface area contributed by atoms with E-state index in [1.54, 1.807) is 18.5 Å². The van der Waals surface area contributed by atoms with E-state index in [4.69, 9.17) is 4.74 Å². The second kappa shape index (κ2) is 13.8. The zero-order valence-corrected chi connectivity index (χ0v) is 22.3. The van der Waals surface area contributed by atoms with Crippen LogP contribution in [0.2, 0.25) is 0 Å². The normalized spacial score (nSPS) is 12.9.